The predicted octanol–water partition coefficient (Wildman–Crippen LogP) is 1.19. The van der Waals surface area contributed by atoms with Gasteiger partial charge in [-0.15, -0.1) is 0 Å². The summed E-state index contributed by atoms with van der Waals surface area (Å²) in [5, 5.41) is 2.09. The van der Waals surface area contributed by atoms with E-state index >= 15 is 0 Å². The fourth-order valence-electron chi connectivity index (χ4n) is 1.02. The number of halogens is 1. The average molecular weight is 187 g/mol. The van der Waals surface area contributed by atoms with Gasteiger partial charge in [-0.2, -0.15) is 0 Å². The Balaban J connectivity index is 3.06. The van der Waals surface area contributed by atoms with Crippen LogP contribution in [0.2, 0.25) is 11.6 Å². The van der Waals surface area contributed by atoms with E-state index in [1.807, 2.05) is 18.2 Å². The molecule has 0 fully saturated rings. The molecule has 0 aliphatic rings. The molecule has 0 spiro atoms. The van der Waals surface area contributed by atoms with Crippen molar-refractivity contribution in [3.63, 3.8) is 0 Å². The lowest BCUT2D eigenvalue weighted by atomic mass is 10.3. The number of rotatable bonds is 2. The third-order valence-electron chi connectivity index (χ3n) is 1.62. The van der Waals surface area contributed by atoms with Gasteiger partial charge in [0, 0.05) is 5.02 Å². The molecule has 0 heterocycles. The molecule has 1 aromatic rings. The molecule has 0 bridgehead atoms. The van der Waals surface area contributed by atoms with Crippen LogP contribution in [-0.2, 0) is 0 Å². The zero-order valence-corrected chi connectivity index (χ0v) is 8.90. The van der Waals surface area contributed by atoms with Crippen LogP contribution in [0.4, 0.5) is 0 Å². The van der Waals surface area contributed by atoms with Crippen molar-refractivity contribution in [1.82, 2.24) is 0 Å². The van der Waals surface area contributed by atoms with Crippen LogP contribution in [-0.4, -0.2) is 16.6 Å². The maximum absolute atomic E-state index is 5.82. The Hall–Kier alpha value is -0.473. The monoisotopic (exact) mass is 186 g/mol. The molecule has 1 rings (SSSR count). The van der Waals surface area contributed by atoms with Gasteiger partial charge in [-0.05, 0) is 23.4 Å². The van der Waals surface area contributed by atoms with E-state index in [1.165, 1.54) is 5.19 Å². The molecular formula is C8H11ClOSi. The van der Waals surface area contributed by atoms with E-state index in [0.29, 0.717) is 0 Å². The molecule has 0 radical (unpaired) electrons. The van der Waals surface area contributed by atoms with Gasteiger partial charge in [0.15, 0.2) is 0 Å². The van der Waals surface area contributed by atoms with E-state index in [1.54, 1.807) is 7.11 Å². The van der Waals surface area contributed by atoms with E-state index in [4.69, 9.17) is 16.3 Å². The van der Waals surface area contributed by atoms with Crippen LogP contribution in [0.1, 0.15) is 0 Å². The molecule has 3 heteroatoms. The third-order valence-corrected chi connectivity index (χ3v) is 3.17. The minimum Gasteiger partial charge on any atom is -0.497 e. The Kier molecular flexibility index (Phi) is 2.97. The summed E-state index contributed by atoms with van der Waals surface area (Å²) in [6.45, 7) is 2.22. The molecular weight excluding hydrogens is 176 g/mol. The topological polar surface area (TPSA) is 9.23 Å². The van der Waals surface area contributed by atoms with Gasteiger partial charge >= 0.3 is 0 Å². The summed E-state index contributed by atoms with van der Waals surface area (Å²) in [4.78, 5) is 0. The van der Waals surface area contributed by atoms with Gasteiger partial charge in [-0.25, -0.2) is 0 Å². The summed E-state index contributed by atoms with van der Waals surface area (Å²) >= 11 is 5.82. The second-order valence-corrected chi connectivity index (χ2v) is 4.22. The van der Waals surface area contributed by atoms with Gasteiger partial charge in [0.25, 0.3) is 0 Å². The van der Waals surface area contributed by atoms with Crippen LogP contribution in [0, 0.1) is 0 Å². The number of ether oxygens (including phenoxy) is 1. The molecule has 0 aliphatic carbocycles. The molecule has 60 valence electrons. The van der Waals surface area contributed by atoms with Crippen molar-refractivity contribution in [2.75, 3.05) is 7.11 Å². The van der Waals surface area contributed by atoms with Crippen molar-refractivity contribution in [3.8, 4) is 5.75 Å². The standard InChI is InChI=1S/C8H11ClOSi/c1-10-7-4-3-6(9)5-8(7)11-2/h3-5H,11H2,1-2H3. The number of hydrogen-bond donors (Lipinski definition) is 0. The van der Waals surface area contributed by atoms with E-state index in [2.05, 4.69) is 6.55 Å². The highest BCUT2D eigenvalue weighted by Crippen LogP contribution is 2.12. The highest BCUT2D eigenvalue weighted by Gasteiger charge is 1.99. The van der Waals surface area contributed by atoms with Crippen molar-refractivity contribution in [2.24, 2.45) is 0 Å². The molecule has 0 atom stereocenters. The Morgan fingerprint density at radius 3 is 2.73 bits per heavy atom. The minimum absolute atomic E-state index is 0.179. The lowest BCUT2D eigenvalue weighted by Crippen LogP contribution is -2.13. The maximum atomic E-state index is 5.82. The Labute approximate surface area is 74.2 Å². The first-order valence-electron chi connectivity index (χ1n) is 3.60. The smallest absolute Gasteiger partial charge is 0.117 e. The van der Waals surface area contributed by atoms with Crippen LogP contribution >= 0.6 is 11.6 Å². The van der Waals surface area contributed by atoms with Gasteiger partial charge in [-0.1, -0.05) is 18.1 Å². The van der Waals surface area contributed by atoms with Gasteiger partial charge in [0.05, 0.1) is 16.6 Å². The summed E-state index contributed by atoms with van der Waals surface area (Å²) in [5.74, 6) is 0.976. The van der Waals surface area contributed by atoms with Crippen molar-refractivity contribution in [3.05, 3.63) is 23.2 Å². The highest BCUT2D eigenvalue weighted by atomic mass is 35.5. The largest absolute Gasteiger partial charge is 0.497 e. The van der Waals surface area contributed by atoms with Crippen LogP contribution in [0.15, 0.2) is 18.2 Å². The molecule has 0 saturated carbocycles. The van der Waals surface area contributed by atoms with Gasteiger partial charge in [-0.3, -0.25) is 0 Å². The Morgan fingerprint density at radius 1 is 1.45 bits per heavy atom. The van der Waals surface area contributed by atoms with Crippen molar-refractivity contribution in [2.45, 2.75) is 6.55 Å². The molecule has 0 aromatic heterocycles. The van der Waals surface area contributed by atoms with Gasteiger partial charge < -0.3 is 4.74 Å². The third kappa shape index (κ3) is 1.98. The quantitative estimate of drug-likeness (QED) is 0.631. The minimum atomic E-state index is -0.179. The first-order chi connectivity index (χ1) is 5.27. The highest BCUT2D eigenvalue weighted by molar-refractivity contribution is 6.53. The molecule has 11 heavy (non-hydrogen) atoms. The van der Waals surface area contributed by atoms with E-state index in [9.17, 15) is 0 Å². The summed E-state index contributed by atoms with van der Waals surface area (Å²) < 4.78 is 5.17. The summed E-state index contributed by atoms with van der Waals surface area (Å²) in [5.41, 5.74) is 0. The summed E-state index contributed by atoms with van der Waals surface area (Å²) in [6.07, 6.45) is 0. The van der Waals surface area contributed by atoms with Crippen LogP contribution in [0.5, 0.6) is 5.75 Å². The van der Waals surface area contributed by atoms with Gasteiger partial charge in [0.2, 0.25) is 0 Å². The number of hydrogen-bond acceptors (Lipinski definition) is 1. The fourth-order valence-corrected chi connectivity index (χ4v) is 2.38. The number of benzene rings is 1. The van der Waals surface area contributed by atoms with E-state index in [-0.39, 0.29) is 9.52 Å². The van der Waals surface area contributed by atoms with Crippen molar-refractivity contribution in [1.29, 1.82) is 0 Å². The van der Waals surface area contributed by atoms with E-state index < -0.39 is 0 Å². The Morgan fingerprint density at radius 2 is 2.18 bits per heavy atom. The van der Waals surface area contributed by atoms with E-state index in [0.717, 1.165) is 10.8 Å². The molecule has 0 saturated heterocycles. The molecule has 0 unspecified atom stereocenters. The normalized spacial score (nSPS) is 10.8. The van der Waals surface area contributed by atoms with Crippen molar-refractivity contribution >= 4 is 26.3 Å². The second-order valence-electron chi connectivity index (χ2n) is 2.31. The molecule has 1 nitrogen and oxygen atoms in total. The van der Waals surface area contributed by atoms with Crippen LogP contribution in [0.3, 0.4) is 0 Å². The van der Waals surface area contributed by atoms with Crippen LogP contribution in [0.25, 0.3) is 0 Å². The summed E-state index contributed by atoms with van der Waals surface area (Å²) in [6, 6.07) is 5.77. The first-order valence-corrected chi connectivity index (χ1v) is 6.10. The Bertz CT molecular complexity index is 250. The maximum Gasteiger partial charge on any atom is 0.117 e. The molecule has 1 aromatic carbocycles. The lowest BCUT2D eigenvalue weighted by molar-refractivity contribution is 0.418. The fraction of sp³-hybridized carbons (Fsp3) is 0.250. The molecule has 0 aliphatic heterocycles. The number of methoxy groups -OCH3 is 1. The van der Waals surface area contributed by atoms with Crippen molar-refractivity contribution < 1.29 is 4.74 Å². The molecule has 0 amide bonds. The zero-order valence-electron chi connectivity index (χ0n) is 6.73. The van der Waals surface area contributed by atoms with Crippen LogP contribution < -0.4 is 9.92 Å². The SMILES string of the molecule is COc1ccc(Cl)cc1[SiH2]C. The average Bonchev–Trinajstić information content (AvgIpc) is 2.04. The summed E-state index contributed by atoms with van der Waals surface area (Å²) in [7, 11) is 1.51. The lowest BCUT2D eigenvalue weighted by Gasteiger charge is -2.05. The second kappa shape index (κ2) is 3.79. The zero-order chi connectivity index (χ0) is 8.27. The first kappa shape index (κ1) is 8.62. The molecule has 0 N–H and O–H groups in total. The van der Waals surface area contributed by atoms with Gasteiger partial charge in [0.1, 0.15) is 5.75 Å². The predicted molar refractivity (Wildman–Crippen MR) is 52.0 cm³/mol.